The second kappa shape index (κ2) is 11.4. The highest BCUT2D eigenvalue weighted by atomic mass is 16.5. The van der Waals surface area contributed by atoms with Crippen LogP contribution >= 0.6 is 0 Å². The molecule has 1 aliphatic rings. The summed E-state index contributed by atoms with van der Waals surface area (Å²) in [5.41, 5.74) is 6.14. The molecule has 3 unspecified atom stereocenters. The minimum Gasteiger partial charge on any atom is -0.481 e. The number of aliphatic carboxylic acids is 1. The summed E-state index contributed by atoms with van der Waals surface area (Å²) in [6, 6.07) is 11.7. The van der Waals surface area contributed by atoms with Gasteiger partial charge in [-0.1, -0.05) is 55.3 Å². The molecule has 180 valence electrons. The molecule has 0 aliphatic heterocycles. The van der Waals surface area contributed by atoms with E-state index in [0.717, 1.165) is 29.2 Å². The van der Waals surface area contributed by atoms with E-state index in [1.54, 1.807) is 6.07 Å². The Morgan fingerprint density at radius 3 is 2.38 bits per heavy atom. The van der Waals surface area contributed by atoms with E-state index in [1.165, 1.54) is 0 Å². The number of nitrogens with one attached hydrogen (secondary N) is 1. The van der Waals surface area contributed by atoms with Crippen LogP contribution in [0.25, 0.3) is 10.8 Å². The minimum absolute atomic E-state index is 0.0625. The van der Waals surface area contributed by atoms with Crippen LogP contribution in [-0.4, -0.2) is 47.3 Å². The highest BCUT2D eigenvalue weighted by molar-refractivity contribution is 5.95. The standard InChI is InChI=1S/C25H28N2O7/c26-24(32)18-10-3-4-11-19(18)25(33)27-20(13-22(29)30)21(28)14-34-23(31)12-16-8-5-7-15-6-1-2-9-17(15)16/h1-2,5-9,18-20H,3-4,10-14H2,(H2,26,32)(H,27,33)(H,29,30). The largest absolute Gasteiger partial charge is 0.481 e. The van der Waals surface area contributed by atoms with Crippen molar-refractivity contribution in [2.24, 2.45) is 17.6 Å². The molecule has 2 aromatic rings. The summed E-state index contributed by atoms with van der Waals surface area (Å²) in [7, 11) is 0. The van der Waals surface area contributed by atoms with Crippen molar-refractivity contribution in [1.29, 1.82) is 0 Å². The number of benzene rings is 2. The number of carboxylic acid groups (broad SMARTS) is 1. The Hall–Kier alpha value is -3.75. The molecule has 1 fully saturated rings. The van der Waals surface area contributed by atoms with Gasteiger partial charge in [0.25, 0.3) is 0 Å². The number of ether oxygens (including phenoxy) is 1. The fourth-order valence-corrected chi connectivity index (χ4v) is 4.39. The van der Waals surface area contributed by atoms with Crippen LogP contribution in [0.4, 0.5) is 0 Å². The third-order valence-corrected chi connectivity index (χ3v) is 6.14. The molecule has 0 heterocycles. The van der Waals surface area contributed by atoms with Crippen LogP contribution in [0.15, 0.2) is 42.5 Å². The first-order valence-electron chi connectivity index (χ1n) is 11.2. The van der Waals surface area contributed by atoms with E-state index in [1.807, 2.05) is 36.4 Å². The van der Waals surface area contributed by atoms with Gasteiger partial charge in [-0.15, -0.1) is 0 Å². The van der Waals surface area contributed by atoms with Crippen LogP contribution in [0.2, 0.25) is 0 Å². The third kappa shape index (κ3) is 6.40. The van der Waals surface area contributed by atoms with Gasteiger partial charge in [0.2, 0.25) is 11.8 Å². The summed E-state index contributed by atoms with van der Waals surface area (Å²) in [5, 5.41) is 13.5. The van der Waals surface area contributed by atoms with Crippen molar-refractivity contribution in [2.45, 2.75) is 44.6 Å². The van der Waals surface area contributed by atoms with Gasteiger partial charge in [0, 0.05) is 11.8 Å². The van der Waals surface area contributed by atoms with Crippen molar-refractivity contribution >= 4 is 40.3 Å². The molecule has 2 amide bonds. The molecule has 0 saturated heterocycles. The number of esters is 1. The lowest BCUT2D eigenvalue weighted by atomic mass is 9.78. The average Bonchev–Trinajstić information content (AvgIpc) is 2.82. The van der Waals surface area contributed by atoms with Crippen LogP contribution in [-0.2, 0) is 35.1 Å². The predicted molar refractivity (Wildman–Crippen MR) is 122 cm³/mol. The van der Waals surface area contributed by atoms with Gasteiger partial charge < -0.3 is 20.9 Å². The number of fused-ring (bicyclic) bond motifs is 1. The second-order valence-corrected chi connectivity index (χ2v) is 8.50. The highest BCUT2D eigenvalue weighted by Gasteiger charge is 2.36. The smallest absolute Gasteiger partial charge is 0.310 e. The number of hydrogen-bond acceptors (Lipinski definition) is 6. The Labute approximate surface area is 196 Å². The lowest BCUT2D eigenvalue weighted by Crippen LogP contribution is -2.49. The van der Waals surface area contributed by atoms with Gasteiger partial charge in [-0.05, 0) is 29.2 Å². The second-order valence-electron chi connectivity index (χ2n) is 8.50. The molecule has 1 aliphatic carbocycles. The zero-order valence-corrected chi connectivity index (χ0v) is 18.7. The molecular formula is C25H28N2O7. The van der Waals surface area contributed by atoms with Crippen LogP contribution < -0.4 is 11.1 Å². The van der Waals surface area contributed by atoms with Gasteiger partial charge in [-0.2, -0.15) is 0 Å². The topological polar surface area (TPSA) is 153 Å². The summed E-state index contributed by atoms with van der Waals surface area (Å²) in [4.78, 5) is 60.7. The van der Waals surface area contributed by atoms with Gasteiger partial charge in [0.05, 0.1) is 12.8 Å². The number of carbonyl (C=O) groups is 5. The first-order chi connectivity index (χ1) is 16.3. The van der Waals surface area contributed by atoms with Crippen molar-refractivity contribution < 1.29 is 33.8 Å². The quantitative estimate of drug-likeness (QED) is 0.449. The normalized spacial score (nSPS) is 18.6. The molecule has 2 aromatic carbocycles. The molecule has 9 nitrogen and oxygen atoms in total. The van der Waals surface area contributed by atoms with E-state index in [2.05, 4.69) is 5.32 Å². The first kappa shape index (κ1) is 24.9. The van der Waals surface area contributed by atoms with Crippen molar-refractivity contribution in [3.8, 4) is 0 Å². The molecule has 0 aromatic heterocycles. The van der Waals surface area contributed by atoms with E-state index in [0.29, 0.717) is 12.8 Å². The summed E-state index contributed by atoms with van der Waals surface area (Å²) < 4.78 is 5.10. The van der Waals surface area contributed by atoms with E-state index in [4.69, 9.17) is 10.5 Å². The third-order valence-electron chi connectivity index (χ3n) is 6.14. The highest BCUT2D eigenvalue weighted by Crippen LogP contribution is 2.30. The molecule has 4 N–H and O–H groups in total. The Kier molecular flexibility index (Phi) is 8.34. The number of primary amides is 1. The summed E-state index contributed by atoms with van der Waals surface area (Å²) in [6.07, 6.45) is 1.66. The molecule has 0 spiro atoms. The lowest BCUT2D eigenvalue weighted by Gasteiger charge is -2.29. The maximum atomic E-state index is 12.7. The Bertz CT molecular complexity index is 1090. The fourth-order valence-electron chi connectivity index (χ4n) is 4.39. The van der Waals surface area contributed by atoms with Crippen LogP contribution in [0.5, 0.6) is 0 Å². The van der Waals surface area contributed by atoms with E-state index >= 15 is 0 Å². The van der Waals surface area contributed by atoms with Crippen LogP contribution in [0.1, 0.15) is 37.7 Å². The van der Waals surface area contributed by atoms with E-state index in [9.17, 15) is 29.1 Å². The molecule has 3 atom stereocenters. The summed E-state index contributed by atoms with van der Waals surface area (Å²) >= 11 is 0. The first-order valence-corrected chi connectivity index (χ1v) is 11.2. The number of carboxylic acids is 1. The van der Waals surface area contributed by atoms with E-state index < -0.39 is 60.4 Å². The maximum Gasteiger partial charge on any atom is 0.310 e. The average molecular weight is 469 g/mol. The Morgan fingerprint density at radius 2 is 1.68 bits per heavy atom. The zero-order chi connectivity index (χ0) is 24.7. The molecular weight excluding hydrogens is 440 g/mol. The minimum atomic E-state index is -1.38. The van der Waals surface area contributed by atoms with Gasteiger partial charge in [-0.3, -0.25) is 24.0 Å². The number of hydrogen-bond donors (Lipinski definition) is 3. The number of ketones is 1. The van der Waals surface area contributed by atoms with Gasteiger partial charge >= 0.3 is 11.9 Å². The van der Waals surface area contributed by atoms with Gasteiger partial charge in [0.15, 0.2) is 12.4 Å². The molecule has 0 bridgehead atoms. The number of amides is 2. The molecule has 3 rings (SSSR count). The van der Waals surface area contributed by atoms with Crippen LogP contribution in [0, 0.1) is 11.8 Å². The fraction of sp³-hybridized carbons (Fsp3) is 0.400. The van der Waals surface area contributed by atoms with Crippen molar-refractivity contribution in [2.75, 3.05) is 6.61 Å². The zero-order valence-electron chi connectivity index (χ0n) is 18.7. The number of carbonyl (C=O) groups excluding carboxylic acids is 4. The summed E-state index contributed by atoms with van der Waals surface area (Å²) in [5.74, 6) is -5.25. The van der Waals surface area contributed by atoms with Crippen LogP contribution in [0.3, 0.4) is 0 Å². The van der Waals surface area contributed by atoms with Gasteiger partial charge in [0.1, 0.15) is 6.04 Å². The number of rotatable bonds is 10. The molecule has 9 heteroatoms. The lowest BCUT2D eigenvalue weighted by molar-refractivity contribution is -0.149. The summed E-state index contributed by atoms with van der Waals surface area (Å²) in [6.45, 7) is -0.675. The molecule has 1 saturated carbocycles. The van der Waals surface area contributed by atoms with Crippen molar-refractivity contribution in [3.63, 3.8) is 0 Å². The molecule has 0 radical (unpaired) electrons. The van der Waals surface area contributed by atoms with E-state index in [-0.39, 0.29) is 6.42 Å². The Morgan fingerprint density at radius 1 is 1.00 bits per heavy atom. The number of Topliss-reactive ketones (excluding diaryl/α,β-unsaturated/α-hetero) is 1. The molecule has 34 heavy (non-hydrogen) atoms. The maximum absolute atomic E-state index is 12.7. The monoisotopic (exact) mass is 468 g/mol. The Balaban J connectivity index is 1.61. The number of nitrogens with two attached hydrogens (primary N) is 1. The predicted octanol–water partition coefficient (Wildman–Crippen LogP) is 1.75. The van der Waals surface area contributed by atoms with Gasteiger partial charge in [-0.25, -0.2) is 0 Å². The van der Waals surface area contributed by atoms with Crippen molar-refractivity contribution in [1.82, 2.24) is 5.32 Å². The SMILES string of the molecule is NC(=O)C1CCCCC1C(=O)NC(CC(=O)O)C(=O)COC(=O)Cc1cccc2ccccc12. The van der Waals surface area contributed by atoms with Crippen molar-refractivity contribution in [3.05, 3.63) is 48.0 Å².